The van der Waals surface area contributed by atoms with Gasteiger partial charge in [-0.05, 0) is 36.9 Å². The second-order valence-electron chi connectivity index (χ2n) is 4.56. The Morgan fingerprint density at radius 3 is 3.07 bits per heavy atom. The number of fused-ring (bicyclic) bond motifs is 2. The van der Waals surface area contributed by atoms with Crippen molar-refractivity contribution in [3.63, 3.8) is 0 Å². The lowest BCUT2D eigenvalue weighted by atomic mass is 9.93. The van der Waals surface area contributed by atoms with Crippen molar-refractivity contribution in [1.29, 1.82) is 0 Å². The van der Waals surface area contributed by atoms with Crippen LogP contribution in [0.25, 0.3) is 0 Å². The summed E-state index contributed by atoms with van der Waals surface area (Å²) < 4.78 is 0. The summed E-state index contributed by atoms with van der Waals surface area (Å²) in [4.78, 5) is 12.0. The molecule has 2 unspecified atom stereocenters. The number of rotatable bonds is 1. The van der Waals surface area contributed by atoms with E-state index in [1.807, 2.05) is 19.1 Å². The molecule has 15 heavy (non-hydrogen) atoms. The quantitative estimate of drug-likeness (QED) is 0.718. The van der Waals surface area contributed by atoms with Gasteiger partial charge in [0.05, 0.1) is 5.41 Å². The van der Waals surface area contributed by atoms with Gasteiger partial charge in [-0.15, -0.1) is 0 Å². The van der Waals surface area contributed by atoms with Crippen molar-refractivity contribution in [3.05, 3.63) is 29.3 Å². The first-order valence-corrected chi connectivity index (χ1v) is 5.32. The van der Waals surface area contributed by atoms with E-state index in [0.29, 0.717) is 12.5 Å². The SMILES string of the molecule is Cc1cccc2c1NC(=O)C21CC1CN. The van der Waals surface area contributed by atoms with E-state index in [2.05, 4.69) is 11.4 Å². The van der Waals surface area contributed by atoms with E-state index in [-0.39, 0.29) is 11.3 Å². The van der Waals surface area contributed by atoms with Crippen LogP contribution in [0.5, 0.6) is 0 Å². The first kappa shape index (κ1) is 8.92. The average Bonchev–Trinajstić information content (AvgIpc) is 2.89. The molecule has 1 aliphatic heterocycles. The smallest absolute Gasteiger partial charge is 0.235 e. The maximum atomic E-state index is 12.0. The first-order valence-electron chi connectivity index (χ1n) is 5.32. The molecule has 1 spiro atoms. The molecule has 1 fully saturated rings. The lowest BCUT2D eigenvalue weighted by Crippen LogP contribution is -2.23. The Hall–Kier alpha value is -1.35. The number of benzene rings is 1. The second-order valence-corrected chi connectivity index (χ2v) is 4.56. The molecule has 2 atom stereocenters. The van der Waals surface area contributed by atoms with Gasteiger partial charge in [0.25, 0.3) is 0 Å². The number of aryl methyl sites for hydroxylation is 1. The van der Waals surface area contributed by atoms with Crippen LogP contribution in [-0.4, -0.2) is 12.5 Å². The molecule has 1 aromatic rings. The minimum absolute atomic E-state index is 0.141. The fourth-order valence-corrected chi connectivity index (χ4v) is 2.78. The molecule has 1 saturated carbocycles. The number of carbonyl (C=O) groups excluding carboxylic acids is 1. The van der Waals surface area contributed by atoms with Crippen molar-refractivity contribution in [2.75, 3.05) is 11.9 Å². The Bertz CT molecular complexity index is 455. The monoisotopic (exact) mass is 202 g/mol. The third-order valence-corrected chi connectivity index (χ3v) is 3.79. The summed E-state index contributed by atoms with van der Waals surface area (Å²) in [5, 5.41) is 2.99. The third kappa shape index (κ3) is 0.913. The zero-order valence-electron chi connectivity index (χ0n) is 8.71. The van der Waals surface area contributed by atoms with Gasteiger partial charge in [-0.1, -0.05) is 18.2 Å². The average molecular weight is 202 g/mol. The molecule has 3 heteroatoms. The van der Waals surface area contributed by atoms with E-state index in [4.69, 9.17) is 5.73 Å². The van der Waals surface area contributed by atoms with Crippen LogP contribution in [0.1, 0.15) is 17.5 Å². The van der Waals surface area contributed by atoms with Crippen LogP contribution in [0.3, 0.4) is 0 Å². The zero-order chi connectivity index (χ0) is 10.6. The van der Waals surface area contributed by atoms with E-state index >= 15 is 0 Å². The van der Waals surface area contributed by atoms with Gasteiger partial charge >= 0.3 is 0 Å². The largest absolute Gasteiger partial charge is 0.330 e. The number of carbonyl (C=O) groups is 1. The van der Waals surface area contributed by atoms with Gasteiger partial charge in [0.1, 0.15) is 0 Å². The van der Waals surface area contributed by atoms with E-state index in [9.17, 15) is 4.79 Å². The Kier molecular flexibility index (Phi) is 1.55. The first-order chi connectivity index (χ1) is 7.20. The molecule has 3 nitrogen and oxygen atoms in total. The number of nitrogens with one attached hydrogen (secondary N) is 1. The van der Waals surface area contributed by atoms with Gasteiger partial charge in [0, 0.05) is 5.69 Å². The number of hydrogen-bond donors (Lipinski definition) is 2. The summed E-state index contributed by atoms with van der Waals surface area (Å²) in [6.07, 6.45) is 0.909. The third-order valence-electron chi connectivity index (χ3n) is 3.79. The highest BCUT2D eigenvalue weighted by molar-refractivity contribution is 6.09. The summed E-state index contributed by atoms with van der Waals surface area (Å²) in [7, 11) is 0. The van der Waals surface area contributed by atoms with Crippen molar-refractivity contribution in [2.24, 2.45) is 11.7 Å². The maximum Gasteiger partial charge on any atom is 0.235 e. The maximum absolute atomic E-state index is 12.0. The van der Waals surface area contributed by atoms with Gasteiger partial charge in [0.15, 0.2) is 0 Å². The Balaban J connectivity index is 2.16. The van der Waals surface area contributed by atoms with Crippen LogP contribution < -0.4 is 11.1 Å². The molecule has 2 aliphatic rings. The van der Waals surface area contributed by atoms with Gasteiger partial charge in [-0.3, -0.25) is 4.79 Å². The standard InChI is InChI=1S/C12H14N2O/c1-7-3-2-4-9-10(7)14-11(15)12(9)5-8(12)6-13/h2-4,8H,5-6,13H2,1H3,(H,14,15). The van der Waals surface area contributed by atoms with Crippen molar-refractivity contribution in [3.8, 4) is 0 Å². The fraction of sp³-hybridized carbons (Fsp3) is 0.417. The molecule has 0 radical (unpaired) electrons. The number of hydrogen-bond acceptors (Lipinski definition) is 2. The molecule has 0 saturated heterocycles. The second kappa shape index (κ2) is 2.61. The minimum atomic E-state index is -0.282. The molecule has 1 aliphatic carbocycles. The molecule has 3 rings (SSSR count). The van der Waals surface area contributed by atoms with E-state index in [1.165, 1.54) is 0 Å². The lowest BCUT2D eigenvalue weighted by Gasteiger charge is -2.07. The molecular weight excluding hydrogens is 188 g/mol. The number of amides is 1. The van der Waals surface area contributed by atoms with Crippen LogP contribution in [0, 0.1) is 12.8 Å². The zero-order valence-corrected chi connectivity index (χ0v) is 8.71. The van der Waals surface area contributed by atoms with Crippen LogP contribution in [0.4, 0.5) is 5.69 Å². The van der Waals surface area contributed by atoms with Crippen molar-refractivity contribution in [1.82, 2.24) is 0 Å². The summed E-state index contributed by atoms with van der Waals surface area (Å²) in [5.41, 5.74) is 8.69. The van der Waals surface area contributed by atoms with Gasteiger partial charge < -0.3 is 11.1 Å². The summed E-state index contributed by atoms with van der Waals surface area (Å²) in [6.45, 7) is 2.62. The molecule has 3 N–H and O–H groups in total. The topological polar surface area (TPSA) is 55.1 Å². The Labute approximate surface area is 88.7 Å². The predicted molar refractivity (Wildman–Crippen MR) is 58.6 cm³/mol. The van der Waals surface area contributed by atoms with Crippen molar-refractivity contribution >= 4 is 11.6 Å². The molecule has 0 aromatic heterocycles. The van der Waals surface area contributed by atoms with Crippen molar-refractivity contribution in [2.45, 2.75) is 18.8 Å². The Morgan fingerprint density at radius 1 is 1.60 bits per heavy atom. The van der Waals surface area contributed by atoms with Gasteiger partial charge in [-0.25, -0.2) is 0 Å². The van der Waals surface area contributed by atoms with Crippen LogP contribution >= 0.6 is 0 Å². The van der Waals surface area contributed by atoms with Gasteiger partial charge in [0.2, 0.25) is 5.91 Å². The predicted octanol–water partition coefficient (Wildman–Crippen LogP) is 1.16. The molecule has 78 valence electrons. The van der Waals surface area contributed by atoms with E-state index < -0.39 is 0 Å². The minimum Gasteiger partial charge on any atom is -0.330 e. The van der Waals surface area contributed by atoms with E-state index in [1.54, 1.807) is 0 Å². The number of anilines is 1. The molecule has 1 amide bonds. The molecular formula is C12H14N2O. The van der Waals surface area contributed by atoms with Crippen molar-refractivity contribution < 1.29 is 4.79 Å². The lowest BCUT2D eigenvalue weighted by molar-refractivity contribution is -0.118. The van der Waals surface area contributed by atoms with Gasteiger partial charge in [-0.2, -0.15) is 0 Å². The number of nitrogens with two attached hydrogens (primary N) is 1. The van der Waals surface area contributed by atoms with E-state index in [0.717, 1.165) is 23.2 Å². The highest BCUT2D eigenvalue weighted by Crippen LogP contribution is 2.59. The summed E-state index contributed by atoms with van der Waals surface area (Å²) in [5.74, 6) is 0.475. The fourth-order valence-electron chi connectivity index (χ4n) is 2.78. The summed E-state index contributed by atoms with van der Waals surface area (Å²) in [6, 6.07) is 6.09. The summed E-state index contributed by atoms with van der Waals surface area (Å²) >= 11 is 0. The number of para-hydroxylation sites is 1. The van der Waals surface area contributed by atoms with Crippen LogP contribution in [-0.2, 0) is 10.2 Å². The normalized spacial score (nSPS) is 31.6. The highest BCUT2D eigenvalue weighted by Gasteiger charge is 2.63. The van der Waals surface area contributed by atoms with Crippen LogP contribution in [0.2, 0.25) is 0 Å². The molecule has 1 aromatic carbocycles. The highest BCUT2D eigenvalue weighted by atomic mass is 16.2. The molecule has 1 heterocycles. The Morgan fingerprint density at radius 2 is 2.40 bits per heavy atom. The molecule has 0 bridgehead atoms. The van der Waals surface area contributed by atoms with Crippen LogP contribution in [0.15, 0.2) is 18.2 Å².